The highest BCUT2D eigenvalue weighted by atomic mass is 16.5. The Labute approximate surface area is 210 Å². The minimum Gasteiger partial charge on any atom is -0.376 e. The van der Waals surface area contributed by atoms with E-state index in [0.717, 1.165) is 13.2 Å². The van der Waals surface area contributed by atoms with Crippen LogP contribution in [0.4, 0.5) is 0 Å². The SMILES string of the molecule is CCCCCCCCCCCCCCO[CH]C(C)OCCCCCCCCCCCCCC. The van der Waals surface area contributed by atoms with Crippen LogP contribution in [0.1, 0.15) is 175 Å². The van der Waals surface area contributed by atoms with Crippen molar-refractivity contribution in [3.8, 4) is 0 Å². The van der Waals surface area contributed by atoms with Crippen LogP contribution in [-0.2, 0) is 9.47 Å². The Hall–Kier alpha value is -0.0800. The Kier molecular flexibility index (Phi) is 29.9. The third-order valence-electron chi connectivity index (χ3n) is 6.78. The van der Waals surface area contributed by atoms with Gasteiger partial charge < -0.3 is 9.47 Å². The molecule has 0 spiro atoms. The van der Waals surface area contributed by atoms with Gasteiger partial charge >= 0.3 is 0 Å². The maximum absolute atomic E-state index is 5.87. The topological polar surface area (TPSA) is 18.5 Å². The maximum atomic E-state index is 5.87. The second-order valence-corrected chi connectivity index (χ2v) is 10.4. The Morgan fingerprint density at radius 1 is 0.424 bits per heavy atom. The number of hydrogen-bond donors (Lipinski definition) is 0. The summed E-state index contributed by atoms with van der Waals surface area (Å²) < 4.78 is 11.6. The van der Waals surface area contributed by atoms with Crippen LogP contribution in [0.25, 0.3) is 0 Å². The molecule has 0 aromatic heterocycles. The molecule has 0 rings (SSSR count). The molecule has 0 bridgehead atoms. The van der Waals surface area contributed by atoms with E-state index >= 15 is 0 Å². The third kappa shape index (κ3) is 29.9. The summed E-state index contributed by atoms with van der Waals surface area (Å²) in [6, 6.07) is 0. The van der Waals surface area contributed by atoms with E-state index in [1.165, 1.54) is 154 Å². The monoisotopic (exact) mass is 467 g/mol. The second-order valence-electron chi connectivity index (χ2n) is 10.4. The molecule has 0 amide bonds. The minimum absolute atomic E-state index is 0.120. The standard InChI is InChI=1S/C31H63O2/c1-4-6-8-10-12-14-16-18-20-22-24-26-28-32-30-31(3)33-29-27-25-23-21-19-17-15-13-11-9-7-5-2/h30-31H,4-29H2,1-3H3. The Morgan fingerprint density at radius 2 is 0.727 bits per heavy atom. The van der Waals surface area contributed by atoms with Crippen LogP contribution in [-0.4, -0.2) is 19.3 Å². The summed E-state index contributed by atoms with van der Waals surface area (Å²) >= 11 is 0. The number of unbranched alkanes of at least 4 members (excludes halogenated alkanes) is 22. The van der Waals surface area contributed by atoms with Gasteiger partial charge in [0.15, 0.2) is 0 Å². The lowest BCUT2D eigenvalue weighted by molar-refractivity contribution is 0.0302. The van der Waals surface area contributed by atoms with Crippen molar-refractivity contribution in [1.29, 1.82) is 0 Å². The predicted octanol–water partition coefficient (Wildman–Crippen LogP) is 11.0. The van der Waals surface area contributed by atoms with E-state index in [0.29, 0.717) is 0 Å². The van der Waals surface area contributed by atoms with Gasteiger partial charge in [-0.15, -0.1) is 0 Å². The third-order valence-corrected chi connectivity index (χ3v) is 6.78. The average molecular weight is 468 g/mol. The summed E-state index contributed by atoms with van der Waals surface area (Å²) in [6.45, 7) is 10.3. The fourth-order valence-electron chi connectivity index (χ4n) is 4.48. The Morgan fingerprint density at radius 3 is 1.09 bits per heavy atom. The van der Waals surface area contributed by atoms with Gasteiger partial charge in [0, 0.05) is 13.2 Å². The van der Waals surface area contributed by atoms with Gasteiger partial charge in [-0.2, -0.15) is 0 Å². The van der Waals surface area contributed by atoms with Gasteiger partial charge in [-0.25, -0.2) is 0 Å². The maximum Gasteiger partial charge on any atom is 0.112 e. The van der Waals surface area contributed by atoms with E-state index in [1.54, 1.807) is 0 Å². The van der Waals surface area contributed by atoms with E-state index in [-0.39, 0.29) is 6.10 Å². The zero-order chi connectivity index (χ0) is 24.1. The molecule has 1 unspecified atom stereocenters. The molecule has 0 N–H and O–H groups in total. The first-order valence-electron chi connectivity index (χ1n) is 15.4. The lowest BCUT2D eigenvalue weighted by atomic mass is 10.1. The van der Waals surface area contributed by atoms with Crippen LogP contribution >= 0.6 is 0 Å². The van der Waals surface area contributed by atoms with Gasteiger partial charge in [0.2, 0.25) is 0 Å². The molecule has 1 radical (unpaired) electrons. The minimum atomic E-state index is 0.120. The van der Waals surface area contributed by atoms with Crippen molar-refractivity contribution in [2.24, 2.45) is 0 Å². The molecule has 33 heavy (non-hydrogen) atoms. The molecule has 199 valence electrons. The van der Waals surface area contributed by atoms with Crippen molar-refractivity contribution >= 4 is 0 Å². The summed E-state index contributed by atoms with van der Waals surface area (Å²) in [5.41, 5.74) is 0. The van der Waals surface area contributed by atoms with Crippen LogP contribution in [0.3, 0.4) is 0 Å². The molecule has 0 saturated heterocycles. The first-order chi connectivity index (χ1) is 16.3. The van der Waals surface area contributed by atoms with Gasteiger partial charge in [0.1, 0.15) is 6.61 Å². The molecule has 0 aliphatic carbocycles. The molecule has 0 fully saturated rings. The first kappa shape index (κ1) is 32.9. The smallest absolute Gasteiger partial charge is 0.112 e. The van der Waals surface area contributed by atoms with Crippen LogP contribution < -0.4 is 0 Å². The van der Waals surface area contributed by atoms with E-state index in [2.05, 4.69) is 20.8 Å². The molecular weight excluding hydrogens is 404 g/mol. The van der Waals surface area contributed by atoms with E-state index < -0.39 is 0 Å². The van der Waals surface area contributed by atoms with E-state index in [9.17, 15) is 0 Å². The Balaban J connectivity index is 3.13. The number of ether oxygens (including phenoxy) is 2. The van der Waals surface area contributed by atoms with E-state index in [4.69, 9.17) is 9.47 Å². The largest absolute Gasteiger partial charge is 0.376 e. The summed E-state index contributed by atoms with van der Waals surface area (Å²) in [4.78, 5) is 0. The molecule has 2 nitrogen and oxygen atoms in total. The van der Waals surface area contributed by atoms with Gasteiger partial charge in [-0.05, 0) is 19.8 Å². The predicted molar refractivity (Wildman–Crippen MR) is 148 cm³/mol. The molecular formula is C31H63O2. The quantitative estimate of drug-likeness (QED) is 0.102. The van der Waals surface area contributed by atoms with E-state index in [1.807, 2.05) is 6.61 Å². The molecule has 2 heteroatoms. The second kappa shape index (κ2) is 30.0. The summed E-state index contributed by atoms with van der Waals surface area (Å²) in [5, 5.41) is 0. The molecule has 0 aliphatic rings. The lowest BCUT2D eigenvalue weighted by Gasteiger charge is -2.13. The van der Waals surface area contributed by atoms with Gasteiger partial charge in [0.05, 0.1) is 6.10 Å². The van der Waals surface area contributed by atoms with Crippen LogP contribution in [0, 0.1) is 6.61 Å². The summed E-state index contributed by atoms with van der Waals surface area (Å²) in [7, 11) is 0. The zero-order valence-electron chi connectivity index (χ0n) is 23.4. The van der Waals surface area contributed by atoms with Gasteiger partial charge in [0.25, 0.3) is 0 Å². The van der Waals surface area contributed by atoms with Crippen LogP contribution in [0.15, 0.2) is 0 Å². The molecule has 0 aliphatic heterocycles. The summed E-state index contributed by atoms with van der Waals surface area (Å²) in [6.07, 6.45) is 33.5. The van der Waals surface area contributed by atoms with Crippen molar-refractivity contribution in [1.82, 2.24) is 0 Å². The Bertz CT molecular complexity index is 331. The average Bonchev–Trinajstić information content (AvgIpc) is 2.82. The van der Waals surface area contributed by atoms with Crippen molar-refractivity contribution in [3.63, 3.8) is 0 Å². The normalized spacial score (nSPS) is 12.5. The van der Waals surface area contributed by atoms with Crippen LogP contribution in [0.2, 0.25) is 0 Å². The van der Waals surface area contributed by atoms with Gasteiger partial charge in [-0.3, -0.25) is 0 Å². The molecule has 0 aromatic carbocycles. The number of rotatable bonds is 29. The lowest BCUT2D eigenvalue weighted by Crippen LogP contribution is -2.12. The van der Waals surface area contributed by atoms with Crippen molar-refractivity contribution in [2.45, 2.75) is 181 Å². The summed E-state index contributed by atoms with van der Waals surface area (Å²) in [5.74, 6) is 0. The zero-order valence-corrected chi connectivity index (χ0v) is 23.4. The number of hydrogen-bond acceptors (Lipinski definition) is 2. The van der Waals surface area contributed by atoms with Crippen LogP contribution in [0.5, 0.6) is 0 Å². The highest BCUT2D eigenvalue weighted by Gasteiger charge is 2.03. The molecule has 0 aromatic rings. The first-order valence-corrected chi connectivity index (χ1v) is 15.4. The van der Waals surface area contributed by atoms with Gasteiger partial charge in [-0.1, -0.05) is 155 Å². The van der Waals surface area contributed by atoms with Crippen molar-refractivity contribution in [2.75, 3.05) is 13.2 Å². The fourth-order valence-corrected chi connectivity index (χ4v) is 4.48. The molecule has 0 heterocycles. The highest BCUT2D eigenvalue weighted by molar-refractivity contribution is 4.61. The molecule has 1 atom stereocenters. The fraction of sp³-hybridized carbons (Fsp3) is 0.968. The van der Waals surface area contributed by atoms with Crippen molar-refractivity contribution in [3.05, 3.63) is 6.61 Å². The van der Waals surface area contributed by atoms with Crippen molar-refractivity contribution < 1.29 is 9.47 Å². The highest BCUT2D eigenvalue weighted by Crippen LogP contribution is 2.13. The molecule has 0 saturated carbocycles.